The maximum Gasteiger partial charge on any atom is 0.181 e. The van der Waals surface area contributed by atoms with Crippen molar-refractivity contribution in [3.8, 4) is 0 Å². The molecule has 0 N–H and O–H groups in total. The number of rotatable bonds is 3. The van der Waals surface area contributed by atoms with Crippen molar-refractivity contribution in [3.63, 3.8) is 0 Å². The molecule has 1 aromatic carbocycles. The number of imidazole rings is 1. The fraction of sp³-hybridized carbons (Fsp3) is 0.429. The van der Waals surface area contributed by atoms with Gasteiger partial charge in [0.15, 0.2) is 11.5 Å². The second kappa shape index (κ2) is 7.19. The van der Waals surface area contributed by atoms with Crippen molar-refractivity contribution in [2.24, 2.45) is 0 Å². The first-order valence-corrected chi connectivity index (χ1v) is 9.85. The second-order valence-electron chi connectivity index (χ2n) is 7.33. The SMILES string of the molecule is c1ccc(C2CCN(c3cnc4c(N5CCOCC5)nccn34)CC2)cc1. The maximum atomic E-state index is 5.48. The predicted molar refractivity (Wildman–Crippen MR) is 107 cm³/mol. The third-order valence-electron chi connectivity index (χ3n) is 5.79. The zero-order valence-corrected chi connectivity index (χ0v) is 15.5. The van der Waals surface area contributed by atoms with Crippen LogP contribution in [-0.2, 0) is 4.74 Å². The Morgan fingerprint density at radius 1 is 0.889 bits per heavy atom. The zero-order chi connectivity index (χ0) is 18.1. The Balaban J connectivity index is 1.37. The largest absolute Gasteiger partial charge is 0.378 e. The van der Waals surface area contributed by atoms with E-state index >= 15 is 0 Å². The molecule has 4 heterocycles. The molecule has 0 amide bonds. The molecule has 2 aliphatic rings. The number of morpholine rings is 1. The van der Waals surface area contributed by atoms with Gasteiger partial charge in [0, 0.05) is 38.6 Å². The molecule has 27 heavy (non-hydrogen) atoms. The van der Waals surface area contributed by atoms with Gasteiger partial charge in [-0.2, -0.15) is 0 Å². The van der Waals surface area contributed by atoms with Crippen molar-refractivity contribution in [1.29, 1.82) is 0 Å². The average Bonchev–Trinajstić information content (AvgIpc) is 3.19. The van der Waals surface area contributed by atoms with E-state index in [2.05, 4.69) is 49.5 Å². The lowest BCUT2D eigenvalue weighted by Gasteiger charge is -2.33. The number of hydrogen-bond acceptors (Lipinski definition) is 5. The lowest BCUT2D eigenvalue weighted by Crippen LogP contribution is -2.37. The van der Waals surface area contributed by atoms with Crippen LogP contribution in [0.3, 0.4) is 0 Å². The summed E-state index contributed by atoms with van der Waals surface area (Å²) < 4.78 is 7.67. The molecule has 6 heteroatoms. The third kappa shape index (κ3) is 3.14. The summed E-state index contributed by atoms with van der Waals surface area (Å²) in [5.74, 6) is 2.80. The minimum absolute atomic E-state index is 0.659. The van der Waals surface area contributed by atoms with Crippen LogP contribution in [0.4, 0.5) is 11.6 Å². The van der Waals surface area contributed by atoms with Crippen molar-refractivity contribution in [1.82, 2.24) is 14.4 Å². The average molecular weight is 363 g/mol. The van der Waals surface area contributed by atoms with E-state index in [-0.39, 0.29) is 0 Å². The van der Waals surface area contributed by atoms with Crippen LogP contribution in [0.2, 0.25) is 0 Å². The molecule has 3 aromatic rings. The van der Waals surface area contributed by atoms with Crippen molar-refractivity contribution in [2.75, 3.05) is 49.2 Å². The summed E-state index contributed by atoms with van der Waals surface area (Å²) in [5.41, 5.74) is 2.41. The first-order chi connectivity index (χ1) is 13.4. The highest BCUT2D eigenvalue weighted by molar-refractivity contribution is 5.68. The first kappa shape index (κ1) is 16.6. The van der Waals surface area contributed by atoms with Crippen LogP contribution < -0.4 is 9.80 Å². The molecular formula is C21H25N5O. The Morgan fingerprint density at radius 2 is 1.67 bits per heavy atom. The number of anilines is 2. The van der Waals surface area contributed by atoms with E-state index < -0.39 is 0 Å². The van der Waals surface area contributed by atoms with E-state index in [9.17, 15) is 0 Å². The van der Waals surface area contributed by atoms with Crippen LogP contribution in [0, 0.1) is 0 Å². The molecule has 0 spiro atoms. The Labute approximate surface area is 159 Å². The first-order valence-electron chi connectivity index (χ1n) is 9.85. The summed E-state index contributed by atoms with van der Waals surface area (Å²) in [6.07, 6.45) is 8.28. The van der Waals surface area contributed by atoms with Crippen molar-refractivity contribution in [3.05, 3.63) is 54.5 Å². The molecule has 6 nitrogen and oxygen atoms in total. The van der Waals surface area contributed by atoms with E-state index in [4.69, 9.17) is 9.72 Å². The van der Waals surface area contributed by atoms with Crippen LogP contribution in [0.15, 0.2) is 48.9 Å². The Morgan fingerprint density at radius 3 is 2.44 bits per heavy atom. The molecule has 2 aromatic heterocycles. The lowest BCUT2D eigenvalue weighted by atomic mass is 9.89. The van der Waals surface area contributed by atoms with Crippen LogP contribution in [0.5, 0.6) is 0 Å². The Hall–Kier alpha value is -2.60. The molecule has 0 unspecified atom stereocenters. The quantitative estimate of drug-likeness (QED) is 0.716. The van der Waals surface area contributed by atoms with Crippen LogP contribution in [-0.4, -0.2) is 53.8 Å². The monoisotopic (exact) mass is 363 g/mol. The molecule has 2 saturated heterocycles. The topological polar surface area (TPSA) is 45.9 Å². The van der Waals surface area contributed by atoms with Crippen LogP contribution >= 0.6 is 0 Å². The van der Waals surface area contributed by atoms with E-state index in [0.29, 0.717) is 5.92 Å². The summed E-state index contributed by atoms with van der Waals surface area (Å²) in [6, 6.07) is 10.9. The summed E-state index contributed by atoms with van der Waals surface area (Å²) >= 11 is 0. The summed E-state index contributed by atoms with van der Waals surface area (Å²) in [4.78, 5) is 14.1. The molecule has 0 saturated carbocycles. The minimum atomic E-state index is 0.659. The number of aromatic nitrogens is 3. The molecule has 140 valence electrons. The Bertz CT molecular complexity index is 895. The smallest absolute Gasteiger partial charge is 0.181 e. The number of fused-ring (bicyclic) bond motifs is 1. The number of nitrogens with zero attached hydrogens (tertiary/aromatic N) is 5. The highest BCUT2D eigenvalue weighted by atomic mass is 16.5. The highest BCUT2D eigenvalue weighted by Gasteiger charge is 2.24. The van der Waals surface area contributed by atoms with Crippen molar-refractivity contribution >= 4 is 17.3 Å². The molecule has 0 radical (unpaired) electrons. The van der Waals surface area contributed by atoms with Gasteiger partial charge in [-0.25, -0.2) is 9.97 Å². The predicted octanol–water partition coefficient (Wildman–Crippen LogP) is 2.95. The molecule has 0 bridgehead atoms. The van der Waals surface area contributed by atoms with Gasteiger partial charge >= 0.3 is 0 Å². The number of hydrogen-bond donors (Lipinski definition) is 0. The van der Waals surface area contributed by atoms with Gasteiger partial charge in [0.25, 0.3) is 0 Å². The summed E-state index contributed by atoms with van der Waals surface area (Å²) in [7, 11) is 0. The van der Waals surface area contributed by atoms with Gasteiger partial charge in [0.1, 0.15) is 5.82 Å². The highest BCUT2D eigenvalue weighted by Crippen LogP contribution is 2.31. The molecule has 2 fully saturated rings. The van der Waals surface area contributed by atoms with Crippen LogP contribution in [0.25, 0.3) is 5.65 Å². The summed E-state index contributed by atoms with van der Waals surface area (Å²) in [6.45, 7) is 5.37. The normalized spacial score (nSPS) is 19.0. The van der Waals surface area contributed by atoms with E-state index in [0.717, 1.165) is 50.9 Å². The standard InChI is InChI=1S/C21H25N5O/c1-2-4-17(5-3-1)18-6-9-24(10-7-18)19-16-23-21-20(22-8-11-26(19)21)25-12-14-27-15-13-25/h1-5,8,11,16,18H,6-7,9-10,12-15H2. The van der Waals surface area contributed by atoms with Crippen molar-refractivity contribution in [2.45, 2.75) is 18.8 Å². The minimum Gasteiger partial charge on any atom is -0.378 e. The molecule has 0 atom stereocenters. The number of ether oxygens (including phenoxy) is 1. The van der Waals surface area contributed by atoms with Gasteiger partial charge in [-0.15, -0.1) is 0 Å². The fourth-order valence-electron chi connectivity index (χ4n) is 4.29. The second-order valence-corrected chi connectivity index (χ2v) is 7.33. The van der Waals surface area contributed by atoms with E-state index in [1.54, 1.807) is 0 Å². The van der Waals surface area contributed by atoms with Crippen LogP contribution in [0.1, 0.15) is 24.3 Å². The molecule has 2 aliphatic heterocycles. The number of piperidine rings is 1. The van der Waals surface area contributed by atoms with Gasteiger partial charge in [-0.05, 0) is 24.3 Å². The van der Waals surface area contributed by atoms with Gasteiger partial charge in [0.2, 0.25) is 0 Å². The zero-order valence-electron chi connectivity index (χ0n) is 15.5. The number of benzene rings is 1. The molecule has 5 rings (SSSR count). The fourth-order valence-corrected chi connectivity index (χ4v) is 4.29. The van der Waals surface area contributed by atoms with Gasteiger partial charge in [0.05, 0.1) is 19.4 Å². The Kier molecular flexibility index (Phi) is 4.41. The molecular weight excluding hydrogens is 338 g/mol. The van der Waals surface area contributed by atoms with E-state index in [1.807, 2.05) is 18.6 Å². The van der Waals surface area contributed by atoms with Gasteiger partial charge < -0.3 is 14.5 Å². The van der Waals surface area contributed by atoms with E-state index in [1.165, 1.54) is 24.2 Å². The van der Waals surface area contributed by atoms with Crippen molar-refractivity contribution < 1.29 is 4.74 Å². The summed E-state index contributed by atoms with van der Waals surface area (Å²) in [5, 5.41) is 0. The van der Waals surface area contributed by atoms with Gasteiger partial charge in [-0.1, -0.05) is 30.3 Å². The maximum absolute atomic E-state index is 5.48. The third-order valence-corrected chi connectivity index (χ3v) is 5.79. The van der Waals surface area contributed by atoms with Gasteiger partial charge in [-0.3, -0.25) is 4.40 Å². The molecule has 0 aliphatic carbocycles. The lowest BCUT2D eigenvalue weighted by molar-refractivity contribution is 0.122.